The Morgan fingerprint density at radius 2 is 2.00 bits per heavy atom. The average molecular weight is 395 g/mol. The van der Waals surface area contributed by atoms with E-state index in [-0.39, 0.29) is 23.0 Å². The molecule has 1 heterocycles. The molecule has 3 rings (SSSR count). The molecule has 0 aromatic heterocycles. The number of aliphatic hydroxyl groups is 1. The van der Waals surface area contributed by atoms with E-state index in [1.807, 2.05) is 0 Å². The lowest BCUT2D eigenvalue weighted by Crippen LogP contribution is -2.36. The zero-order valence-electron chi connectivity index (χ0n) is 15.9. The molecule has 0 unspecified atom stereocenters. The van der Waals surface area contributed by atoms with Crippen LogP contribution in [0.2, 0.25) is 0 Å². The smallest absolute Gasteiger partial charge is 0.293 e. The third kappa shape index (κ3) is 4.44. The lowest BCUT2D eigenvalue weighted by molar-refractivity contribution is -0.383. The monoisotopic (exact) mass is 395 g/mol. The van der Waals surface area contributed by atoms with E-state index in [0.717, 1.165) is 5.69 Å². The number of nitro benzene ring substituents is 1. The number of amides is 1. The Labute approximate surface area is 167 Å². The number of piperidine rings is 1. The number of hydrogen-bond acceptors (Lipinski definition) is 7. The third-order valence-electron chi connectivity index (χ3n) is 4.88. The normalized spacial score (nSPS) is 14.2. The van der Waals surface area contributed by atoms with Crippen LogP contribution in [0, 0.1) is 21.4 Å². The van der Waals surface area contributed by atoms with Gasteiger partial charge in [0.2, 0.25) is 0 Å². The maximum atomic E-state index is 11.7. The maximum Gasteiger partial charge on any atom is 0.293 e. The molecule has 1 fully saturated rings. The van der Waals surface area contributed by atoms with Crippen molar-refractivity contribution in [2.45, 2.75) is 18.9 Å². The van der Waals surface area contributed by atoms with Gasteiger partial charge in [0, 0.05) is 37.5 Å². The van der Waals surface area contributed by atoms with E-state index in [1.54, 1.807) is 18.2 Å². The molecular weight excluding hydrogens is 374 g/mol. The summed E-state index contributed by atoms with van der Waals surface area (Å²) in [5, 5.41) is 36.1. The number of nitrogens with zero attached hydrogens (tertiary/aromatic N) is 3. The van der Waals surface area contributed by atoms with Gasteiger partial charge in [0.1, 0.15) is 11.8 Å². The van der Waals surface area contributed by atoms with Gasteiger partial charge in [-0.2, -0.15) is 5.26 Å². The van der Waals surface area contributed by atoms with E-state index in [1.165, 1.54) is 25.2 Å². The molecular formula is C20H21N5O4. The highest BCUT2D eigenvalue weighted by atomic mass is 16.6. The van der Waals surface area contributed by atoms with Crippen LogP contribution in [0.1, 0.15) is 28.8 Å². The van der Waals surface area contributed by atoms with Crippen LogP contribution < -0.4 is 15.5 Å². The molecule has 0 aliphatic carbocycles. The Kier molecular flexibility index (Phi) is 5.95. The van der Waals surface area contributed by atoms with Crippen molar-refractivity contribution in [3.8, 4) is 6.07 Å². The molecule has 0 bridgehead atoms. The van der Waals surface area contributed by atoms with Crippen LogP contribution in [0.5, 0.6) is 0 Å². The second kappa shape index (κ2) is 8.58. The molecule has 29 heavy (non-hydrogen) atoms. The third-order valence-corrected chi connectivity index (χ3v) is 4.88. The fourth-order valence-electron chi connectivity index (χ4n) is 3.32. The standard InChI is InChI=1S/C20H21N5O4/c1-22-20(27)13-2-4-17(19(11-13)25(28)29)23-15-3-5-18(14(10-15)12-21)24-8-6-16(26)7-9-24/h2-5,10-11,16,23,26H,6-9H2,1H3,(H,22,27). The van der Waals surface area contributed by atoms with Gasteiger partial charge in [-0.05, 0) is 43.2 Å². The second-order valence-electron chi connectivity index (χ2n) is 6.76. The van der Waals surface area contributed by atoms with Gasteiger partial charge >= 0.3 is 0 Å². The lowest BCUT2D eigenvalue weighted by atomic mass is 10.0. The summed E-state index contributed by atoms with van der Waals surface area (Å²) in [6.07, 6.45) is 0.986. The first-order valence-corrected chi connectivity index (χ1v) is 9.17. The minimum atomic E-state index is -0.562. The molecule has 2 aromatic carbocycles. The number of aliphatic hydroxyl groups excluding tert-OH is 1. The topological polar surface area (TPSA) is 132 Å². The molecule has 3 N–H and O–H groups in total. The maximum absolute atomic E-state index is 11.7. The minimum absolute atomic E-state index is 0.185. The average Bonchev–Trinajstić information content (AvgIpc) is 2.74. The molecule has 0 saturated carbocycles. The van der Waals surface area contributed by atoms with Gasteiger partial charge in [0.25, 0.3) is 11.6 Å². The molecule has 9 nitrogen and oxygen atoms in total. The van der Waals surface area contributed by atoms with Crippen molar-refractivity contribution in [1.82, 2.24) is 5.32 Å². The van der Waals surface area contributed by atoms with Crippen LogP contribution in [0.4, 0.5) is 22.7 Å². The fraction of sp³-hybridized carbons (Fsp3) is 0.300. The molecule has 9 heteroatoms. The summed E-state index contributed by atoms with van der Waals surface area (Å²) in [5.41, 5.74) is 1.91. The zero-order valence-corrected chi connectivity index (χ0v) is 15.9. The van der Waals surface area contributed by atoms with Gasteiger partial charge in [-0.1, -0.05) is 0 Å². The first kappa shape index (κ1) is 20.1. The first-order valence-electron chi connectivity index (χ1n) is 9.17. The highest BCUT2D eigenvalue weighted by Gasteiger charge is 2.21. The summed E-state index contributed by atoms with van der Waals surface area (Å²) < 4.78 is 0. The van der Waals surface area contributed by atoms with Crippen LogP contribution in [-0.4, -0.2) is 42.2 Å². The van der Waals surface area contributed by atoms with Crippen molar-refractivity contribution in [2.24, 2.45) is 0 Å². The summed E-state index contributed by atoms with van der Waals surface area (Å²) in [6.45, 7) is 1.32. The molecule has 0 radical (unpaired) electrons. The van der Waals surface area contributed by atoms with Crippen molar-refractivity contribution in [3.05, 3.63) is 57.6 Å². The van der Waals surface area contributed by atoms with Crippen molar-refractivity contribution in [1.29, 1.82) is 5.26 Å². The molecule has 1 aliphatic heterocycles. The van der Waals surface area contributed by atoms with E-state index in [0.29, 0.717) is 37.2 Å². The van der Waals surface area contributed by atoms with Gasteiger partial charge in [0.15, 0.2) is 0 Å². The van der Waals surface area contributed by atoms with E-state index in [2.05, 4.69) is 21.6 Å². The van der Waals surface area contributed by atoms with E-state index < -0.39 is 10.8 Å². The largest absolute Gasteiger partial charge is 0.393 e. The van der Waals surface area contributed by atoms with Gasteiger partial charge in [0.05, 0.1) is 22.3 Å². The number of benzene rings is 2. The summed E-state index contributed by atoms with van der Waals surface area (Å²) in [4.78, 5) is 24.7. The van der Waals surface area contributed by atoms with Gasteiger partial charge in [-0.15, -0.1) is 0 Å². The highest BCUT2D eigenvalue weighted by molar-refractivity contribution is 5.95. The van der Waals surface area contributed by atoms with Crippen LogP contribution in [-0.2, 0) is 0 Å². The Morgan fingerprint density at radius 3 is 2.62 bits per heavy atom. The van der Waals surface area contributed by atoms with Crippen molar-refractivity contribution >= 4 is 28.7 Å². The first-order chi connectivity index (χ1) is 13.9. The van der Waals surface area contributed by atoms with Crippen LogP contribution in [0.25, 0.3) is 0 Å². The number of nitriles is 1. The molecule has 1 saturated heterocycles. The number of carbonyl (C=O) groups is 1. The predicted octanol–water partition coefficient (Wildman–Crippen LogP) is 2.53. The number of anilines is 3. The fourth-order valence-corrected chi connectivity index (χ4v) is 3.32. The molecule has 0 spiro atoms. The van der Waals surface area contributed by atoms with Crippen LogP contribution in [0.15, 0.2) is 36.4 Å². The Bertz CT molecular complexity index is 977. The molecule has 0 atom stereocenters. The number of rotatable bonds is 5. The summed E-state index contributed by atoms with van der Waals surface area (Å²) in [5.74, 6) is -0.414. The van der Waals surface area contributed by atoms with E-state index in [9.17, 15) is 25.3 Å². The zero-order chi connectivity index (χ0) is 21.0. The van der Waals surface area contributed by atoms with Crippen molar-refractivity contribution in [2.75, 3.05) is 30.4 Å². The quantitative estimate of drug-likeness (QED) is 0.523. The SMILES string of the molecule is CNC(=O)c1ccc(Nc2ccc(N3CCC(O)CC3)c(C#N)c2)c([N+](=O)[O-])c1. The lowest BCUT2D eigenvalue weighted by Gasteiger charge is -2.32. The number of hydrogen-bond donors (Lipinski definition) is 3. The van der Waals surface area contributed by atoms with Crippen molar-refractivity contribution in [3.63, 3.8) is 0 Å². The highest BCUT2D eigenvalue weighted by Crippen LogP contribution is 2.32. The summed E-state index contributed by atoms with van der Waals surface area (Å²) in [7, 11) is 1.45. The summed E-state index contributed by atoms with van der Waals surface area (Å²) in [6, 6.07) is 11.5. The Balaban J connectivity index is 1.88. The van der Waals surface area contributed by atoms with E-state index in [4.69, 9.17) is 0 Å². The number of nitro groups is 1. The van der Waals surface area contributed by atoms with Crippen molar-refractivity contribution < 1.29 is 14.8 Å². The predicted molar refractivity (Wildman–Crippen MR) is 108 cm³/mol. The van der Waals surface area contributed by atoms with E-state index >= 15 is 0 Å². The number of carbonyl (C=O) groups excluding carboxylic acids is 1. The molecule has 1 amide bonds. The molecule has 150 valence electrons. The van der Waals surface area contributed by atoms with Gasteiger partial charge in [-0.25, -0.2) is 0 Å². The Morgan fingerprint density at radius 1 is 1.28 bits per heavy atom. The van der Waals surface area contributed by atoms with Gasteiger partial charge in [-0.3, -0.25) is 14.9 Å². The Hall–Kier alpha value is -3.64. The minimum Gasteiger partial charge on any atom is -0.393 e. The molecule has 2 aromatic rings. The van der Waals surface area contributed by atoms with Crippen LogP contribution >= 0.6 is 0 Å². The number of nitrogens with one attached hydrogen (secondary N) is 2. The molecule has 1 aliphatic rings. The van der Waals surface area contributed by atoms with Crippen LogP contribution in [0.3, 0.4) is 0 Å². The second-order valence-corrected chi connectivity index (χ2v) is 6.76. The van der Waals surface area contributed by atoms with Gasteiger partial charge < -0.3 is 20.6 Å². The summed E-state index contributed by atoms with van der Waals surface area (Å²) >= 11 is 0.